The van der Waals surface area contributed by atoms with Crippen LogP contribution in [0.2, 0.25) is 10.0 Å². The highest BCUT2D eigenvalue weighted by atomic mass is 35.5. The third kappa shape index (κ3) is 7.92. The Balaban J connectivity index is 2.06. The number of amides is 2. The summed E-state index contributed by atoms with van der Waals surface area (Å²) in [5, 5.41) is 4.20. The highest BCUT2D eigenvalue weighted by Gasteiger charge is 2.26. The van der Waals surface area contributed by atoms with E-state index in [1.807, 2.05) is 50.2 Å². The lowest BCUT2D eigenvalue weighted by atomic mass is 10.1. The van der Waals surface area contributed by atoms with Crippen LogP contribution < -0.4 is 5.32 Å². The first kappa shape index (κ1) is 23.6. The van der Waals surface area contributed by atoms with E-state index in [2.05, 4.69) is 5.32 Å². The second-order valence-electron chi connectivity index (χ2n) is 7.11. The van der Waals surface area contributed by atoms with Crippen LogP contribution in [0.3, 0.4) is 0 Å². The van der Waals surface area contributed by atoms with E-state index in [4.69, 9.17) is 23.2 Å². The number of halogens is 2. The average molecular weight is 453 g/mol. The minimum absolute atomic E-state index is 0.00892. The van der Waals surface area contributed by atoms with E-state index in [0.29, 0.717) is 22.3 Å². The van der Waals surface area contributed by atoms with Gasteiger partial charge in [0, 0.05) is 28.4 Å². The van der Waals surface area contributed by atoms with Gasteiger partial charge in [0.05, 0.1) is 5.75 Å². The van der Waals surface area contributed by atoms with Gasteiger partial charge in [0.1, 0.15) is 6.04 Å². The van der Waals surface area contributed by atoms with Crippen LogP contribution in [0.4, 0.5) is 0 Å². The molecule has 0 heterocycles. The Morgan fingerprint density at radius 2 is 1.69 bits per heavy atom. The smallest absolute Gasteiger partial charge is 0.242 e. The molecular weight excluding hydrogens is 427 g/mol. The summed E-state index contributed by atoms with van der Waals surface area (Å²) in [6.45, 7) is 5.90. The van der Waals surface area contributed by atoms with Crippen LogP contribution in [0.1, 0.15) is 31.9 Å². The summed E-state index contributed by atoms with van der Waals surface area (Å²) >= 11 is 13.5. The third-order valence-electron chi connectivity index (χ3n) is 4.25. The zero-order valence-corrected chi connectivity index (χ0v) is 19.2. The first-order valence-electron chi connectivity index (χ1n) is 9.42. The first-order valence-corrected chi connectivity index (χ1v) is 11.3. The summed E-state index contributed by atoms with van der Waals surface area (Å²) in [6.07, 6.45) is 0. The summed E-state index contributed by atoms with van der Waals surface area (Å²) in [5.41, 5.74) is 1.98. The van der Waals surface area contributed by atoms with Gasteiger partial charge in [-0.3, -0.25) is 9.59 Å². The van der Waals surface area contributed by atoms with Crippen LogP contribution in [0.25, 0.3) is 0 Å². The molecule has 0 spiro atoms. The SMILES string of the molecule is CC(C)NC(=O)[C@@H](C)N(Cc1ccc(Cl)cc1)C(=O)CSCc1cccc(Cl)c1. The van der Waals surface area contributed by atoms with Gasteiger partial charge in [-0.05, 0) is 56.2 Å². The largest absolute Gasteiger partial charge is 0.352 e. The minimum atomic E-state index is -0.577. The van der Waals surface area contributed by atoms with Crippen molar-refractivity contribution in [1.82, 2.24) is 10.2 Å². The van der Waals surface area contributed by atoms with Gasteiger partial charge in [0.15, 0.2) is 0 Å². The Bertz CT molecular complexity index is 828. The lowest BCUT2D eigenvalue weighted by molar-refractivity contribution is -0.138. The zero-order valence-electron chi connectivity index (χ0n) is 16.8. The van der Waals surface area contributed by atoms with Gasteiger partial charge in [0.2, 0.25) is 11.8 Å². The molecular formula is C22H26Cl2N2O2S. The molecule has 7 heteroatoms. The monoisotopic (exact) mass is 452 g/mol. The van der Waals surface area contributed by atoms with Crippen molar-refractivity contribution in [2.75, 3.05) is 5.75 Å². The highest BCUT2D eigenvalue weighted by molar-refractivity contribution is 7.99. The molecule has 0 radical (unpaired) electrons. The molecule has 1 atom stereocenters. The second-order valence-corrected chi connectivity index (χ2v) is 8.97. The Morgan fingerprint density at radius 3 is 2.31 bits per heavy atom. The van der Waals surface area contributed by atoms with Gasteiger partial charge in [-0.1, -0.05) is 47.5 Å². The number of thioether (sulfide) groups is 1. The number of carbonyl (C=O) groups excluding carboxylic acids is 2. The third-order valence-corrected chi connectivity index (χ3v) is 5.72. The summed E-state index contributed by atoms with van der Waals surface area (Å²) in [7, 11) is 0. The summed E-state index contributed by atoms with van der Waals surface area (Å²) in [4.78, 5) is 27.1. The van der Waals surface area contributed by atoms with Gasteiger partial charge in [-0.2, -0.15) is 0 Å². The zero-order chi connectivity index (χ0) is 21.4. The molecule has 2 aromatic rings. The Hall–Kier alpha value is -1.69. The normalized spacial score (nSPS) is 11.9. The molecule has 0 fully saturated rings. The molecule has 0 bridgehead atoms. The quantitative estimate of drug-likeness (QED) is 0.570. The van der Waals surface area contributed by atoms with E-state index in [9.17, 15) is 9.59 Å². The standard InChI is InChI=1S/C22H26Cl2N2O2S/c1-15(2)25-22(28)16(3)26(12-17-7-9-19(23)10-8-17)21(27)14-29-13-18-5-4-6-20(24)11-18/h4-11,15-16H,12-14H2,1-3H3,(H,25,28)/t16-/m1/s1. The van der Waals surface area contributed by atoms with Crippen molar-refractivity contribution >= 4 is 46.8 Å². The van der Waals surface area contributed by atoms with Crippen LogP contribution in [-0.2, 0) is 21.9 Å². The number of benzene rings is 2. The molecule has 1 N–H and O–H groups in total. The van der Waals surface area contributed by atoms with Crippen LogP contribution in [0.15, 0.2) is 48.5 Å². The van der Waals surface area contributed by atoms with Gasteiger partial charge >= 0.3 is 0 Å². The maximum atomic E-state index is 13.0. The van der Waals surface area contributed by atoms with E-state index in [1.54, 1.807) is 24.0 Å². The van der Waals surface area contributed by atoms with Gasteiger partial charge in [-0.15, -0.1) is 11.8 Å². The molecule has 2 rings (SSSR count). The predicted molar refractivity (Wildman–Crippen MR) is 122 cm³/mol. The lowest BCUT2D eigenvalue weighted by Crippen LogP contribution is -2.49. The lowest BCUT2D eigenvalue weighted by Gasteiger charge is -2.29. The number of hydrogen-bond acceptors (Lipinski definition) is 3. The molecule has 0 aliphatic rings. The Morgan fingerprint density at radius 1 is 1.00 bits per heavy atom. The van der Waals surface area contributed by atoms with Crippen LogP contribution in [0, 0.1) is 0 Å². The maximum absolute atomic E-state index is 13.0. The molecule has 0 saturated carbocycles. The van der Waals surface area contributed by atoms with Crippen LogP contribution >= 0.6 is 35.0 Å². The van der Waals surface area contributed by atoms with Crippen LogP contribution in [-0.4, -0.2) is 34.6 Å². The van der Waals surface area contributed by atoms with Gasteiger partial charge in [0.25, 0.3) is 0 Å². The number of hydrogen-bond donors (Lipinski definition) is 1. The van der Waals surface area contributed by atoms with Crippen molar-refractivity contribution < 1.29 is 9.59 Å². The molecule has 2 amide bonds. The molecule has 0 aliphatic carbocycles. The molecule has 29 heavy (non-hydrogen) atoms. The average Bonchev–Trinajstić information content (AvgIpc) is 2.66. The Labute approximate surface area is 187 Å². The van der Waals surface area contributed by atoms with E-state index in [1.165, 1.54) is 11.8 Å². The number of rotatable bonds is 9. The second kappa shape index (κ2) is 11.5. The van der Waals surface area contributed by atoms with E-state index >= 15 is 0 Å². The number of nitrogens with one attached hydrogen (secondary N) is 1. The maximum Gasteiger partial charge on any atom is 0.242 e. The van der Waals surface area contributed by atoms with Gasteiger partial charge < -0.3 is 10.2 Å². The van der Waals surface area contributed by atoms with Crippen molar-refractivity contribution in [2.45, 2.75) is 45.2 Å². The fraction of sp³-hybridized carbons (Fsp3) is 0.364. The fourth-order valence-corrected chi connectivity index (χ4v) is 3.94. The molecule has 156 valence electrons. The molecule has 4 nitrogen and oxygen atoms in total. The number of carbonyl (C=O) groups is 2. The molecule has 0 aliphatic heterocycles. The summed E-state index contributed by atoms with van der Waals surface area (Å²) < 4.78 is 0. The fourth-order valence-electron chi connectivity index (χ4n) is 2.74. The molecule has 0 aromatic heterocycles. The summed E-state index contributed by atoms with van der Waals surface area (Å²) in [6, 6.07) is 14.3. The first-order chi connectivity index (χ1) is 13.8. The highest BCUT2D eigenvalue weighted by Crippen LogP contribution is 2.19. The van der Waals surface area contributed by atoms with Gasteiger partial charge in [-0.25, -0.2) is 0 Å². The minimum Gasteiger partial charge on any atom is -0.352 e. The van der Waals surface area contributed by atoms with Crippen molar-refractivity contribution in [2.24, 2.45) is 0 Å². The number of nitrogens with zero attached hydrogens (tertiary/aromatic N) is 1. The molecule has 2 aromatic carbocycles. The van der Waals surface area contributed by atoms with Crippen molar-refractivity contribution in [3.8, 4) is 0 Å². The summed E-state index contributed by atoms with van der Waals surface area (Å²) in [5.74, 6) is 0.702. The molecule has 0 saturated heterocycles. The van der Waals surface area contributed by atoms with Crippen molar-refractivity contribution in [1.29, 1.82) is 0 Å². The van der Waals surface area contributed by atoms with Crippen LogP contribution in [0.5, 0.6) is 0 Å². The van der Waals surface area contributed by atoms with Crippen molar-refractivity contribution in [3.05, 3.63) is 69.7 Å². The molecule has 0 unspecified atom stereocenters. The topological polar surface area (TPSA) is 49.4 Å². The van der Waals surface area contributed by atoms with E-state index in [0.717, 1.165) is 11.1 Å². The van der Waals surface area contributed by atoms with E-state index < -0.39 is 6.04 Å². The van der Waals surface area contributed by atoms with E-state index in [-0.39, 0.29) is 23.6 Å². The Kier molecular flexibility index (Phi) is 9.34. The predicted octanol–water partition coefficient (Wildman–Crippen LogP) is 5.17. The van der Waals surface area contributed by atoms with Crippen molar-refractivity contribution in [3.63, 3.8) is 0 Å².